The van der Waals surface area contributed by atoms with Gasteiger partial charge in [0.1, 0.15) is 0 Å². The van der Waals surface area contributed by atoms with Crippen LogP contribution in [-0.4, -0.2) is 31.7 Å². The van der Waals surface area contributed by atoms with Crippen molar-refractivity contribution in [3.63, 3.8) is 0 Å². The number of hydrogen-bond acceptors (Lipinski definition) is 5. The second-order valence-corrected chi connectivity index (χ2v) is 7.38. The minimum absolute atomic E-state index is 0.605. The summed E-state index contributed by atoms with van der Waals surface area (Å²) in [6.45, 7) is 7.16. The van der Waals surface area contributed by atoms with E-state index in [1.807, 2.05) is 18.4 Å². The van der Waals surface area contributed by atoms with Crippen LogP contribution in [-0.2, 0) is 17.9 Å². The number of rotatable bonds is 8. The molecule has 0 saturated heterocycles. The summed E-state index contributed by atoms with van der Waals surface area (Å²) in [5.41, 5.74) is 1.10. The fourth-order valence-electron chi connectivity index (χ4n) is 3.03. The van der Waals surface area contributed by atoms with E-state index >= 15 is 0 Å². The summed E-state index contributed by atoms with van der Waals surface area (Å²) in [6, 6.07) is 0.677. The van der Waals surface area contributed by atoms with Gasteiger partial charge in [-0.15, -0.1) is 11.3 Å². The molecule has 1 aliphatic rings. The van der Waals surface area contributed by atoms with Crippen molar-refractivity contribution in [2.75, 3.05) is 25.6 Å². The van der Waals surface area contributed by atoms with E-state index in [0.717, 1.165) is 18.8 Å². The summed E-state index contributed by atoms with van der Waals surface area (Å²) < 4.78 is 5.31. The molecule has 1 N–H and O–H groups in total. The average molecular weight is 311 g/mol. The molecule has 1 aromatic rings. The number of thiazole rings is 1. The Balaban J connectivity index is 2.23. The van der Waals surface area contributed by atoms with Crippen molar-refractivity contribution < 1.29 is 4.74 Å². The fourth-order valence-corrected chi connectivity index (χ4v) is 4.19. The van der Waals surface area contributed by atoms with Gasteiger partial charge in [0.2, 0.25) is 0 Å². The Hall–Kier alpha value is -0.650. The van der Waals surface area contributed by atoms with E-state index in [1.165, 1.54) is 35.7 Å². The lowest BCUT2D eigenvalue weighted by Crippen LogP contribution is -2.36. The van der Waals surface area contributed by atoms with Crippen LogP contribution in [0.15, 0.2) is 0 Å². The molecule has 0 spiro atoms. The van der Waals surface area contributed by atoms with E-state index in [2.05, 4.69) is 24.1 Å². The van der Waals surface area contributed by atoms with Gasteiger partial charge in [-0.25, -0.2) is 4.98 Å². The highest BCUT2D eigenvalue weighted by molar-refractivity contribution is 7.15. The van der Waals surface area contributed by atoms with Crippen LogP contribution >= 0.6 is 11.3 Å². The van der Waals surface area contributed by atoms with Crippen molar-refractivity contribution in [1.82, 2.24) is 10.3 Å². The number of ether oxygens (including phenoxy) is 1. The number of nitrogens with one attached hydrogen (secondary N) is 1. The molecule has 0 aliphatic heterocycles. The predicted molar refractivity (Wildman–Crippen MR) is 90.0 cm³/mol. The van der Waals surface area contributed by atoms with Gasteiger partial charge < -0.3 is 15.0 Å². The SMILES string of the molecule is CNCc1sc(N(CC(C)C)C2CCCC2)nc1COC. The molecule has 4 nitrogen and oxygen atoms in total. The molecule has 0 amide bonds. The van der Waals surface area contributed by atoms with Crippen LogP contribution in [0, 0.1) is 5.92 Å². The van der Waals surface area contributed by atoms with E-state index < -0.39 is 0 Å². The molecule has 1 saturated carbocycles. The van der Waals surface area contributed by atoms with Crippen molar-refractivity contribution >= 4 is 16.5 Å². The maximum absolute atomic E-state index is 5.31. The monoisotopic (exact) mass is 311 g/mol. The Bertz CT molecular complexity index is 404. The summed E-state index contributed by atoms with van der Waals surface area (Å²) in [4.78, 5) is 8.76. The van der Waals surface area contributed by atoms with E-state index in [4.69, 9.17) is 9.72 Å². The first kappa shape index (κ1) is 16.7. The van der Waals surface area contributed by atoms with Crippen molar-refractivity contribution in [2.45, 2.75) is 58.7 Å². The Morgan fingerprint density at radius 2 is 2.10 bits per heavy atom. The third-order valence-corrected chi connectivity index (χ3v) is 5.09. The molecule has 0 bridgehead atoms. The molecule has 1 heterocycles. The van der Waals surface area contributed by atoms with Crippen molar-refractivity contribution in [3.05, 3.63) is 10.6 Å². The molecule has 2 rings (SSSR count). The van der Waals surface area contributed by atoms with Crippen molar-refractivity contribution in [3.8, 4) is 0 Å². The lowest BCUT2D eigenvalue weighted by atomic mass is 10.1. The number of aromatic nitrogens is 1. The standard InChI is InChI=1S/C16H29N3OS/c1-12(2)10-19(13-7-5-6-8-13)16-18-14(11-20-4)15(21-16)9-17-3/h12-13,17H,5-11H2,1-4H3. The third kappa shape index (κ3) is 4.41. The maximum Gasteiger partial charge on any atom is 0.186 e. The molecule has 0 radical (unpaired) electrons. The van der Waals surface area contributed by atoms with Crippen molar-refractivity contribution in [2.24, 2.45) is 5.92 Å². The lowest BCUT2D eigenvalue weighted by molar-refractivity contribution is 0.181. The number of methoxy groups -OCH3 is 1. The van der Waals surface area contributed by atoms with E-state index in [1.54, 1.807) is 7.11 Å². The average Bonchev–Trinajstić information content (AvgIpc) is 3.07. The van der Waals surface area contributed by atoms with Gasteiger partial charge in [0.05, 0.1) is 12.3 Å². The van der Waals surface area contributed by atoms with Gasteiger partial charge in [-0.3, -0.25) is 0 Å². The minimum atomic E-state index is 0.605. The highest BCUT2D eigenvalue weighted by Gasteiger charge is 2.26. The van der Waals surface area contributed by atoms with Gasteiger partial charge in [0, 0.05) is 31.1 Å². The van der Waals surface area contributed by atoms with Gasteiger partial charge in [-0.05, 0) is 25.8 Å². The zero-order chi connectivity index (χ0) is 15.2. The molecule has 1 aromatic heterocycles. The second kappa shape index (κ2) is 8.11. The summed E-state index contributed by atoms with van der Waals surface area (Å²) in [5, 5.41) is 4.43. The van der Waals surface area contributed by atoms with E-state index in [9.17, 15) is 0 Å². The smallest absolute Gasteiger partial charge is 0.186 e. The number of nitrogens with zero attached hydrogens (tertiary/aromatic N) is 2. The Labute approximate surface area is 132 Å². The summed E-state index contributed by atoms with van der Waals surface area (Å²) in [5.74, 6) is 0.660. The molecule has 21 heavy (non-hydrogen) atoms. The van der Waals surface area contributed by atoms with Crippen LogP contribution in [0.25, 0.3) is 0 Å². The number of hydrogen-bond donors (Lipinski definition) is 1. The largest absolute Gasteiger partial charge is 0.378 e. The first-order valence-electron chi connectivity index (χ1n) is 8.04. The van der Waals surface area contributed by atoms with Crippen molar-refractivity contribution in [1.29, 1.82) is 0 Å². The first-order chi connectivity index (χ1) is 10.2. The second-order valence-electron chi connectivity index (χ2n) is 6.31. The highest BCUT2D eigenvalue weighted by atomic mass is 32.1. The quantitative estimate of drug-likeness (QED) is 0.798. The van der Waals surface area contributed by atoms with Crippen LogP contribution in [0.5, 0.6) is 0 Å². The molecule has 0 aromatic carbocycles. The topological polar surface area (TPSA) is 37.4 Å². The highest BCUT2D eigenvalue weighted by Crippen LogP contribution is 2.33. The van der Waals surface area contributed by atoms with Gasteiger partial charge in [-0.1, -0.05) is 26.7 Å². The lowest BCUT2D eigenvalue weighted by Gasteiger charge is -2.30. The van der Waals surface area contributed by atoms with Gasteiger partial charge in [0.15, 0.2) is 5.13 Å². The Morgan fingerprint density at radius 3 is 2.67 bits per heavy atom. The van der Waals surface area contributed by atoms with Gasteiger partial charge >= 0.3 is 0 Å². The zero-order valence-corrected chi connectivity index (χ0v) is 14.6. The Kier molecular flexibility index (Phi) is 6.45. The van der Waals surface area contributed by atoms with Gasteiger partial charge in [0.25, 0.3) is 0 Å². The molecule has 0 atom stereocenters. The molecular formula is C16H29N3OS. The van der Waals surface area contributed by atoms with Crippen LogP contribution in [0.2, 0.25) is 0 Å². The summed E-state index contributed by atoms with van der Waals surface area (Å²) in [6.07, 6.45) is 5.35. The first-order valence-corrected chi connectivity index (χ1v) is 8.86. The fraction of sp³-hybridized carbons (Fsp3) is 0.812. The van der Waals surface area contributed by atoms with Crippen LogP contribution < -0.4 is 10.2 Å². The van der Waals surface area contributed by atoms with Gasteiger partial charge in [-0.2, -0.15) is 0 Å². The summed E-state index contributed by atoms with van der Waals surface area (Å²) in [7, 11) is 3.73. The molecule has 5 heteroatoms. The normalized spacial score (nSPS) is 16.0. The third-order valence-electron chi connectivity index (χ3n) is 3.96. The number of anilines is 1. The maximum atomic E-state index is 5.31. The van der Waals surface area contributed by atoms with Crippen LogP contribution in [0.3, 0.4) is 0 Å². The van der Waals surface area contributed by atoms with E-state index in [-0.39, 0.29) is 0 Å². The molecule has 1 aliphatic carbocycles. The Morgan fingerprint density at radius 1 is 1.38 bits per heavy atom. The van der Waals surface area contributed by atoms with E-state index in [0.29, 0.717) is 18.6 Å². The van der Waals surface area contributed by atoms with Crippen LogP contribution in [0.4, 0.5) is 5.13 Å². The molecule has 1 fully saturated rings. The zero-order valence-electron chi connectivity index (χ0n) is 13.8. The minimum Gasteiger partial charge on any atom is -0.378 e. The molecule has 0 unspecified atom stereocenters. The predicted octanol–water partition coefficient (Wildman–Crippen LogP) is 3.41. The van der Waals surface area contributed by atoms with Crippen LogP contribution in [0.1, 0.15) is 50.1 Å². The molecule has 120 valence electrons. The summed E-state index contributed by atoms with van der Waals surface area (Å²) >= 11 is 1.83. The molecular weight excluding hydrogens is 282 g/mol.